The molecule has 0 aliphatic rings. The number of nitrogens with zero attached hydrogens (tertiary/aromatic N) is 4. The van der Waals surface area contributed by atoms with Gasteiger partial charge in [-0.2, -0.15) is 0 Å². The molecular formula is C11H8N4. The summed E-state index contributed by atoms with van der Waals surface area (Å²) in [4.78, 5) is 4.44. The van der Waals surface area contributed by atoms with Gasteiger partial charge in [-0.05, 0) is 6.07 Å². The van der Waals surface area contributed by atoms with E-state index in [2.05, 4.69) is 15.3 Å². The predicted molar refractivity (Wildman–Crippen MR) is 56.2 cm³/mol. The first-order valence-corrected chi connectivity index (χ1v) is 4.66. The molecule has 0 unspecified atom stereocenters. The van der Waals surface area contributed by atoms with Crippen molar-refractivity contribution < 1.29 is 0 Å². The maximum Gasteiger partial charge on any atom is 0.176 e. The van der Waals surface area contributed by atoms with Crippen LogP contribution in [-0.4, -0.2) is 19.8 Å². The fraction of sp³-hybridized carbons (Fsp3) is 0. The average Bonchev–Trinajstić information content (AvgIpc) is 2.77. The summed E-state index contributed by atoms with van der Waals surface area (Å²) in [5.74, 6) is 0. The maximum atomic E-state index is 4.44. The molecule has 0 amide bonds. The minimum Gasteiger partial charge on any atom is -0.227 e. The van der Waals surface area contributed by atoms with Crippen LogP contribution >= 0.6 is 0 Å². The molecule has 0 saturated heterocycles. The molecule has 0 radical (unpaired) electrons. The average molecular weight is 196 g/mol. The van der Waals surface area contributed by atoms with Gasteiger partial charge in [-0.15, -0.1) is 5.10 Å². The van der Waals surface area contributed by atoms with Gasteiger partial charge in [0, 0.05) is 11.8 Å². The van der Waals surface area contributed by atoms with E-state index >= 15 is 0 Å². The predicted octanol–water partition coefficient (Wildman–Crippen LogP) is 1.79. The minimum atomic E-state index is 0.761. The Balaban J connectivity index is 2.19. The lowest BCUT2D eigenvalue weighted by molar-refractivity contribution is 0.847. The van der Waals surface area contributed by atoms with Crippen LogP contribution < -0.4 is 0 Å². The van der Waals surface area contributed by atoms with Crippen molar-refractivity contribution in [1.82, 2.24) is 19.8 Å². The molecule has 0 aliphatic heterocycles. The zero-order valence-electron chi connectivity index (χ0n) is 7.91. The summed E-state index contributed by atoms with van der Waals surface area (Å²) in [5, 5.41) is 7.64. The first-order chi connectivity index (χ1) is 7.43. The standard InChI is InChI=1S/C11H8N4/c1-2-4-9(5-3-1)10-6-7-15-11(13-10)8-12-14-15/h1-8H. The summed E-state index contributed by atoms with van der Waals surface area (Å²) in [6.45, 7) is 0. The number of aromatic nitrogens is 4. The molecule has 0 aliphatic carbocycles. The van der Waals surface area contributed by atoms with E-state index in [1.54, 1.807) is 10.7 Å². The van der Waals surface area contributed by atoms with Crippen molar-refractivity contribution in [2.24, 2.45) is 0 Å². The molecule has 0 fully saturated rings. The highest BCUT2D eigenvalue weighted by Crippen LogP contribution is 2.15. The summed E-state index contributed by atoms with van der Waals surface area (Å²) in [7, 11) is 0. The first-order valence-electron chi connectivity index (χ1n) is 4.66. The molecule has 0 N–H and O–H groups in total. The van der Waals surface area contributed by atoms with Crippen molar-refractivity contribution in [1.29, 1.82) is 0 Å². The van der Waals surface area contributed by atoms with Gasteiger partial charge in [-0.25, -0.2) is 9.50 Å². The second-order valence-electron chi connectivity index (χ2n) is 3.22. The smallest absolute Gasteiger partial charge is 0.176 e. The van der Waals surface area contributed by atoms with E-state index in [9.17, 15) is 0 Å². The van der Waals surface area contributed by atoms with Gasteiger partial charge >= 0.3 is 0 Å². The molecule has 1 aromatic carbocycles. The van der Waals surface area contributed by atoms with Crippen molar-refractivity contribution >= 4 is 5.65 Å². The van der Waals surface area contributed by atoms with E-state index in [1.165, 1.54) is 0 Å². The van der Waals surface area contributed by atoms with Crippen LogP contribution in [0.2, 0.25) is 0 Å². The van der Waals surface area contributed by atoms with Crippen LogP contribution in [0.3, 0.4) is 0 Å². The highest BCUT2D eigenvalue weighted by atomic mass is 15.4. The van der Waals surface area contributed by atoms with Gasteiger partial charge < -0.3 is 0 Å². The van der Waals surface area contributed by atoms with Crippen LogP contribution in [-0.2, 0) is 0 Å². The Hall–Kier alpha value is -2.23. The molecule has 2 heterocycles. The van der Waals surface area contributed by atoms with E-state index in [-0.39, 0.29) is 0 Å². The van der Waals surface area contributed by atoms with E-state index < -0.39 is 0 Å². The van der Waals surface area contributed by atoms with Crippen LogP contribution in [0.1, 0.15) is 0 Å². The molecule has 0 saturated carbocycles. The van der Waals surface area contributed by atoms with Crippen molar-refractivity contribution in [3.05, 3.63) is 48.8 Å². The van der Waals surface area contributed by atoms with Crippen LogP contribution in [0.5, 0.6) is 0 Å². The summed E-state index contributed by atoms with van der Waals surface area (Å²) in [5.41, 5.74) is 2.79. The molecule has 0 atom stereocenters. The lowest BCUT2D eigenvalue weighted by atomic mass is 10.1. The minimum absolute atomic E-state index is 0.761. The van der Waals surface area contributed by atoms with Gasteiger partial charge in [0.05, 0.1) is 11.9 Å². The highest BCUT2D eigenvalue weighted by Gasteiger charge is 2.00. The van der Waals surface area contributed by atoms with Gasteiger partial charge in [-0.1, -0.05) is 35.5 Å². The number of fused-ring (bicyclic) bond motifs is 1. The molecule has 0 bridgehead atoms. The molecule has 3 rings (SSSR count). The molecular weight excluding hydrogens is 188 g/mol. The quantitative estimate of drug-likeness (QED) is 0.596. The maximum absolute atomic E-state index is 4.44. The number of hydrogen-bond acceptors (Lipinski definition) is 3. The molecule has 3 aromatic rings. The zero-order valence-corrected chi connectivity index (χ0v) is 7.91. The Morgan fingerprint density at radius 1 is 1.00 bits per heavy atom. The third-order valence-corrected chi connectivity index (χ3v) is 2.23. The first kappa shape index (κ1) is 8.11. The normalized spacial score (nSPS) is 10.7. The van der Waals surface area contributed by atoms with Gasteiger partial charge in [0.15, 0.2) is 5.65 Å². The summed E-state index contributed by atoms with van der Waals surface area (Å²) in [6.07, 6.45) is 3.50. The molecule has 15 heavy (non-hydrogen) atoms. The summed E-state index contributed by atoms with van der Waals surface area (Å²) >= 11 is 0. The largest absolute Gasteiger partial charge is 0.227 e. The summed E-state index contributed by atoms with van der Waals surface area (Å²) < 4.78 is 1.65. The van der Waals surface area contributed by atoms with Gasteiger partial charge in [0.25, 0.3) is 0 Å². The highest BCUT2D eigenvalue weighted by molar-refractivity contribution is 5.60. The van der Waals surface area contributed by atoms with E-state index in [4.69, 9.17) is 0 Å². The molecule has 72 valence electrons. The van der Waals surface area contributed by atoms with Crippen molar-refractivity contribution in [2.45, 2.75) is 0 Å². The Morgan fingerprint density at radius 2 is 1.87 bits per heavy atom. The fourth-order valence-corrected chi connectivity index (χ4v) is 1.50. The lowest BCUT2D eigenvalue weighted by Gasteiger charge is -1.99. The van der Waals surface area contributed by atoms with Gasteiger partial charge in [0.2, 0.25) is 0 Å². The van der Waals surface area contributed by atoms with Crippen LogP contribution in [0.4, 0.5) is 0 Å². The lowest BCUT2D eigenvalue weighted by Crippen LogP contribution is -1.91. The van der Waals surface area contributed by atoms with Crippen molar-refractivity contribution in [3.8, 4) is 11.3 Å². The van der Waals surface area contributed by atoms with E-state index in [0.717, 1.165) is 16.9 Å². The van der Waals surface area contributed by atoms with Crippen molar-refractivity contribution in [3.63, 3.8) is 0 Å². The van der Waals surface area contributed by atoms with Crippen molar-refractivity contribution in [2.75, 3.05) is 0 Å². The third kappa shape index (κ3) is 1.36. The Labute approximate surface area is 86.2 Å². The van der Waals surface area contributed by atoms with E-state index in [0.29, 0.717) is 0 Å². The second-order valence-corrected chi connectivity index (χ2v) is 3.22. The SMILES string of the molecule is c1ccc(-c2ccn3nncc3n2)cc1. The molecule has 2 aromatic heterocycles. The molecule has 4 nitrogen and oxygen atoms in total. The fourth-order valence-electron chi connectivity index (χ4n) is 1.50. The number of benzene rings is 1. The molecule has 0 spiro atoms. The molecule has 4 heteroatoms. The topological polar surface area (TPSA) is 43.1 Å². The Kier molecular flexibility index (Phi) is 1.71. The monoisotopic (exact) mass is 196 g/mol. The van der Waals surface area contributed by atoms with E-state index in [1.807, 2.05) is 42.6 Å². The number of rotatable bonds is 1. The van der Waals surface area contributed by atoms with Gasteiger partial charge in [-0.3, -0.25) is 0 Å². The Bertz CT molecular complexity index is 586. The third-order valence-electron chi connectivity index (χ3n) is 2.23. The number of hydrogen-bond donors (Lipinski definition) is 0. The zero-order chi connectivity index (χ0) is 10.1. The van der Waals surface area contributed by atoms with Crippen LogP contribution in [0, 0.1) is 0 Å². The summed E-state index contributed by atoms with van der Waals surface area (Å²) in [6, 6.07) is 12.0. The second kappa shape index (κ2) is 3.16. The van der Waals surface area contributed by atoms with Crippen LogP contribution in [0.25, 0.3) is 16.9 Å². The van der Waals surface area contributed by atoms with Crippen LogP contribution in [0.15, 0.2) is 48.8 Å². The van der Waals surface area contributed by atoms with Gasteiger partial charge in [0.1, 0.15) is 0 Å². The Morgan fingerprint density at radius 3 is 2.73 bits per heavy atom.